The van der Waals surface area contributed by atoms with Gasteiger partial charge in [0.2, 0.25) is 0 Å². The maximum absolute atomic E-state index is 13.3. The van der Waals surface area contributed by atoms with Crippen molar-refractivity contribution in [1.29, 1.82) is 0 Å². The Morgan fingerprint density at radius 3 is 2.13 bits per heavy atom. The third-order valence-corrected chi connectivity index (χ3v) is 7.65. The van der Waals surface area contributed by atoms with E-state index < -0.39 is 11.4 Å². The summed E-state index contributed by atoms with van der Waals surface area (Å²) in [4.78, 5) is 24.1. The number of ether oxygens (including phenoxy) is 2. The van der Waals surface area contributed by atoms with E-state index in [0.29, 0.717) is 13.0 Å². The third-order valence-electron chi connectivity index (χ3n) is 7.65. The van der Waals surface area contributed by atoms with Gasteiger partial charge in [-0.1, -0.05) is 87.9 Å². The monoisotopic (exact) mass is 524 g/mol. The number of hydrogen-bond donors (Lipinski definition) is 1. The number of carboxylic acid groups (broad SMARTS) is 1. The fourth-order valence-corrected chi connectivity index (χ4v) is 5.29. The Hall–Kier alpha value is -2.66. The first-order valence-electron chi connectivity index (χ1n) is 14.4. The average Bonchev–Trinajstić information content (AvgIpc) is 2.92. The minimum atomic E-state index is -0.746. The summed E-state index contributed by atoms with van der Waals surface area (Å²) in [5.74, 6) is 0.232. The molecule has 38 heavy (non-hydrogen) atoms. The van der Waals surface area contributed by atoms with E-state index in [9.17, 15) is 9.59 Å². The number of rotatable bonds is 21. The van der Waals surface area contributed by atoms with Crippen molar-refractivity contribution in [3.63, 3.8) is 0 Å². The summed E-state index contributed by atoms with van der Waals surface area (Å²) in [5, 5.41) is 8.91. The van der Waals surface area contributed by atoms with Crippen LogP contribution in [0.1, 0.15) is 108 Å². The number of methoxy groups -OCH3 is 1. The Morgan fingerprint density at radius 2 is 1.50 bits per heavy atom. The second kappa shape index (κ2) is 17.8. The Labute approximate surface area is 229 Å². The molecule has 5 heteroatoms. The van der Waals surface area contributed by atoms with Gasteiger partial charge in [0.1, 0.15) is 11.5 Å². The molecule has 1 N–H and O–H groups in total. The molecule has 2 aromatic carbocycles. The van der Waals surface area contributed by atoms with E-state index in [1.165, 1.54) is 18.4 Å². The SMILES string of the molecule is CCCCCC(CCCC(CCCCCCC(=O)O)(C(C)=O)c1ccc(OC)cc1)OCc1ccccc1. The fraction of sp³-hybridized carbons (Fsp3) is 0.576. The van der Waals surface area contributed by atoms with Gasteiger partial charge in [-0.25, -0.2) is 0 Å². The lowest BCUT2D eigenvalue weighted by Gasteiger charge is -2.33. The van der Waals surface area contributed by atoms with Gasteiger partial charge >= 0.3 is 5.97 Å². The van der Waals surface area contributed by atoms with E-state index in [2.05, 4.69) is 19.1 Å². The number of carboxylic acids is 1. The van der Waals surface area contributed by atoms with Crippen LogP contribution in [0, 0.1) is 0 Å². The highest BCUT2D eigenvalue weighted by Gasteiger charge is 2.36. The van der Waals surface area contributed by atoms with Crippen LogP contribution >= 0.6 is 0 Å². The molecule has 5 nitrogen and oxygen atoms in total. The summed E-state index contributed by atoms with van der Waals surface area (Å²) in [5.41, 5.74) is 1.68. The number of hydrogen-bond acceptors (Lipinski definition) is 4. The molecule has 0 fully saturated rings. The van der Waals surface area contributed by atoms with Crippen molar-refractivity contribution in [2.75, 3.05) is 7.11 Å². The van der Waals surface area contributed by atoms with E-state index in [1.807, 2.05) is 42.5 Å². The number of ketones is 1. The van der Waals surface area contributed by atoms with Gasteiger partial charge in [0.05, 0.1) is 25.2 Å². The van der Waals surface area contributed by atoms with Gasteiger partial charge in [0, 0.05) is 6.42 Å². The summed E-state index contributed by atoms with van der Waals surface area (Å²) in [7, 11) is 1.65. The molecular formula is C33H48O5. The quantitative estimate of drug-likeness (QED) is 0.166. The maximum Gasteiger partial charge on any atom is 0.303 e. The van der Waals surface area contributed by atoms with Crippen LogP contribution in [0.5, 0.6) is 5.75 Å². The topological polar surface area (TPSA) is 72.8 Å². The summed E-state index contributed by atoms with van der Waals surface area (Å²) < 4.78 is 11.7. The van der Waals surface area contributed by atoms with Crippen LogP contribution in [0.2, 0.25) is 0 Å². The smallest absolute Gasteiger partial charge is 0.303 e. The van der Waals surface area contributed by atoms with Gasteiger partial charge in [-0.15, -0.1) is 0 Å². The molecule has 0 aliphatic heterocycles. The molecule has 2 unspecified atom stereocenters. The zero-order valence-corrected chi connectivity index (χ0v) is 23.8. The molecule has 0 saturated carbocycles. The normalized spacial score (nSPS) is 13.6. The molecule has 0 aliphatic rings. The van der Waals surface area contributed by atoms with Gasteiger partial charge in [0.15, 0.2) is 0 Å². The van der Waals surface area contributed by atoms with E-state index in [0.717, 1.165) is 69.1 Å². The van der Waals surface area contributed by atoms with Crippen LogP contribution in [0.4, 0.5) is 0 Å². The summed E-state index contributed by atoms with van der Waals surface area (Å²) in [6.07, 6.45) is 11.7. The zero-order valence-electron chi connectivity index (χ0n) is 23.8. The van der Waals surface area contributed by atoms with Gasteiger partial charge in [-0.3, -0.25) is 9.59 Å². The maximum atomic E-state index is 13.3. The van der Waals surface area contributed by atoms with Crippen molar-refractivity contribution in [2.45, 2.75) is 115 Å². The highest BCUT2D eigenvalue weighted by Crippen LogP contribution is 2.38. The van der Waals surface area contributed by atoms with Crippen LogP contribution in [0.15, 0.2) is 54.6 Å². The van der Waals surface area contributed by atoms with Crippen LogP contribution in [0.3, 0.4) is 0 Å². The first kappa shape index (κ1) is 31.6. The van der Waals surface area contributed by atoms with E-state index in [-0.39, 0.29) is 18.3 Å². The van der Waals surface area contributed by atoms with Gasteiger partial charge in [0.25, 0.3) is 0 Å². The predicted molar refractivity (Wildman–Crippen MR) is 154 cm³/mol. The number of carbonyl (C=O) groups excluding carboxylic acids is 1. The van der Waals surface area contributed by atoms with Gasteiger partial charge in [-0.05, 0) is 68.7 Å². The highest BCUT2D eigenvalue weighted by molar-refractivity contribution is 5.88. The lowest BCUT2D eigenvalue weighted by Crippen LogP contribution is -2.34. The zero-order chi connectivity index (χ0) is 27.6. The number of unbranched alkanes of at least 4 members (excludes halogenated alkanes) is 5. The number of carbonyl (C=O) groups is 2. The average molecular weight is 525 g/mol. The van der Waals surface area contributed by atoms with E-state index >= 15 is 0 Å². The van der Waals surface area contributed by atoms with Crippen LogP contribution in [-0.2, 0) is 26.3 Å². The molecule has 0 aromatic heterocycles. The summed E-state index contributed by atoms with van der Waals surface area (Å²) in [6.45, 7) is 4.56. The molecule has 210 valence electrons. The second-order valence-corrected chi connectivity index (χ2v) is 10.5. The lowest BCUT2D eigenvalue weighted by atomic mass is 9.69. The second-order valence-electron chi connectivity index (χ2n) is 10.5. The van der Waals surface area contributed by atoms with Crippen molar-refractivity contribution in [1.82, 2.24) is 0 Å². The Bertz CT molecular complexity index is 924. The van der Waals surface area contributed by atoms with Crippen molar-refractivity contribution in [2.24, 2.45) is 0 Å². The largest absolute Gasteiger partial charge is 0.497 e. The molecule has 0 aliphatic carbocycles. The molecule has 0 amide bonds. The summed E-state index contributed by atoms with van der Waals surface area (Å²) in [6, 6.07) is 18.3. The standard InChI is InChI=1S/C33H48O5/c1-4-5-9-17-31(38-26-28-15-10-8-11-16-28)18-14-25-33(27(2)34,24-13-7-6-12-19-32(35)36)29-20-22-30(37-3)23-21-29/h8,10-11,15-16,20-23,31H,4-7,9,12-14,17-19,24-26H2,1-3H3,(H,35,36). The first-order chi connectivity index (χ1) is 18.4. The van der Waals surface area contributed by atoms with E-state index in [4.69, 9.17) is 14.6 Å². The highest BCUT2D eigenvalue weighted by atomic mass is 16.5. The summed E-state index contributed by atoms with van der Waals surface area (Å²) >= 11 is 0. The molecule has 0 saturated heterocycles. The number of aliphatic carboxylic acids is 1. The molecule has 0 bridgehead atoms. The van der Waals surface area contributed by atoms with Crippen LogP contribution < -0.4 is 4.74 Å². The third kappa shape index (κ3) is 11.0. The molecule has 0 radical (unpaired) electrons. The number of Topliss-reactive ketones (excluding diaryl/α,β-unsaturated/α-hetero) is 1. The lowest BCUT2D eigenvalue weighted by molar-refractivity contribution is -0.137. The molecule has 2 atom stereocenters. The van der Waals surface area contributed by atoms with Crippen LogP contribution in [-0.4, -0.2) is 30.1 Å². The minimum absolute atomic E-state index is 0.179. The number of benzene rings is 2. The van der Waals surface area contributed by atoms with Gasteiger partial charge in [-0.2, -0.15) is 0 Å². The van der Waals surface area contributed by atoms with Crippen molar-refractivity contribution in [3.05, 3.63) is 65.7 Å². The molecule has 0 spiro atoms. The fourth-order valence-electron chi connectivity index (χ4n) is 5.29. The predicted octanol–water partition coefficient (Wildman–Crippen LogP) is 8.28. The molecular weight excluding hydrogens is 476 g/mol. The van der Waals surface area contributed by atoms with Crippen molar-refractivity contribution < 1.29 is 24.2 Å². The Morgan fingerprint density at radius 1 is 0.842 bits per heavy atom. The Kier molecular flexibility index (Phi) is 14.8. The minimum Gasteiger partial charge on any atom is -0.497 e. The molecule has 2 aromatic rings. The molecule has 2 rings (SSSR count). The Balaban J connectivity index is 2.09. The van der Waals surface area contributed by atoms with Crippen molar-refractivity contribution in [3.8, 4) is 5.75 Å². The van der Waals surface area contributed by atoms with E-state index in [1.54, 1.807) is 14.0 Å². The van der Waals surface area contributed by atoms with Gasteiger partial charge < -0.3 is 14.6 Å². The first-order valence-corrected chi connectivity index (χ1v) is 14.4. The van der Waals surface area contributed by atoms with Crippen LogP contribution in [0.25, 0.3) is 0 Å². The molecule has 0 heterocycles. The van der Waals surface area contributed by atoms with Crippen molar-refractivity contribution >= 4 is 11.8 Å².